The van der Waals surface area contributed by atoms with Gasteiger partial charge in [-0.25, -0.2) is 9.59 Å². The maximum absolute atomic E-state index is 12.9. The molecule has 2 aromatic carbocycles. The highest BCUT2D eigenvalue weighted by molar-refractivity contribution is 5.95. The van der Waals surface area contributed by atoms with Crippen LogP contribution in [0.2, 0.25) is 0 Å². The van der Waals surface area contributed by atoms with Crippen molar-refractivity contribution in [2.45, 2.75) is 19.9 Å². The summed E-state index contributed by atoms with van der Waals surface area (Å²) < 4.78 is 10.9. The minimum absolute atomic E-state index is 0.350. The van der Waals surface area contributed by atoms with E-state index in [1.807, 2.05) is 31.2 Å². The Morgan fingerprint density at radius 2 is 1.85 bits per heavy atom. The van der Waals surface area contributed by atoms with Crippen molar-refractivity contribution in [2.24, 2.45) is 0 Å². The molecule has 4 rings (SSSR count). The van der Waals surface area contributed by atoms with E-state index < -0.39 is 12.0 Å². The van der Waals surface area contributed by atoms with Gasteiger partial charge in [-0.1, -0.05) is 30.3 Å². The number of amides is 2. The Kier molecular flexibility index (Phi) is 7.37. The molecule has 2 aliphatic rings. The molecule has 34 heavy (non-hydrogen) atoms. The number of para-hydroxylation sites is 1. The minimum atomic E-state index is -0.660. The van der Waals surface area contributed by atoms with Crippen LogP contribution in [0.15, 0.2) is 59.8 Å². The topological polar surface area (TPSA) is 83.1 Å². The average molecular weight is 465 g/mol. The van der Waals surface area contributed by atoms with E-state index in [1.165, 1.54) is 18.4 Å². The van der Waals surface area contributed by atoms with Crippen molar-refractivity contribution in [1.82, 2.24) is 15.5 Å². The van der Waals surface area contributed by atoms with Crippen LogP contribution in [0, 0.1) is 6.92 Å². The average Bonchev–Trinajstić information content (AvgIpc) is 2.84. The SMILES string of the molecule is CCOc1ccccc1C1NC(=O)NC(CN2CCN(c3cccc(C)c3)CC2)=C1C(=O)OC. The van der Waals surface area contributed by atoms with E-state index in [4.69, 9.17) is 9.47 Å². The molecule has 1 saturated heterocycles. The zero-order chi connectivity index (χ0) is 24.1. The maximum atomic E-state index is 12.9. The lowest BCUT2D eigenvalue weighted by molar-refractivity contribution is -0.136. The van der Waals surface area contributed by atoms with Gasteiger partial charge in [0.1, 0.15) is 5.75 Å². The van der Waals surface area contributed by atoms with Gasteiger partial charge < -0.3 is 25.0 Å². The Morgan fingerprint density at radius 1 is 1.09 bits per heavy atom. The molecule has 8 heteroatoms. The molecule has 0 aromatic heterocycles. The number of ether oxygens (including phenoxy) is 2. The first-order valence-corrected chi connectivity index (χ1v) is 11.6. The second-order valence-electron chi connectivity index (χ2n) is 8.49. The number of benzene rings is 2. The second-order valence-corrected chi connectivity index (χ2v) is 8.49. The molecule has 0 spiro atoms. The van der Waals surface area contributed by atoms with Gasteiger partial charge in [0.15, 0.2) is 0 Å². The summed E-state index contributed by atoms with van der Waals surface area (Å²) in [7, 11) is 1.36. The monoisotopic (exact) mass is 464 g/mol. The first-order chi connectivity index (χ1) is 16.5. The number of carbonyl (C=O) groups is 2. The third kappa shape index (κ3) is 5.17. The van der Waals surface area contributed by atoms with Gasteiger partial charge in [-0.2, -0.15) is 0 Å². The van der Waals surface area contributed by atoms with Crippen LogP contribution >= 0.6 is 0 Å². The van der Waals surface area contributed by atoms with Gasteiger partial charge in [0.05, 0.1) is 25.3 Å². The molecule has 0 radical (unpaired) electrons. The number of piperazine rings is 1. The largest absolute Gasteiger partial charge is 0.494 e. The lowest BCUT2D eigenvalue weighted by Crippen LogP contribution is -2.51. The first-order valence-electron chi connectivity index (χ1n) is 11.6. The number of carbonyl (C=O) groups excluding carboxylic acids is 2. The summed E-state index contributed by atoms with van der Waals surface area (Å²) in [6, 6.07) is 14.9. The number of aryl methyl sites for hydroxylation is 1. The van der Waals surface area contributed by atoms with E-state index in [9.17, 15) is 9.59 Å². The van der Waals surface area contributed by atoms with E-state index in [1.54, 1.807) is 0 Å². The fourth-order valence-electron chi connectivity index (χ4n) is 4.55. The minimum Gasteiger partial charge on any atom is -0.494 e. The van der Waals surface area contributed by atoms with E-state index >= 15 is 0 Å². The number of urea groups is 1. The summed E-state index contributed by atoms with van der Waals surface area (Å²) >= 11 is 0. The van der Waals surface area contributed by atoms with Gasteiger partial charge >= 0.3 is 12.0 Å². The van der Waals surface area contributed by atoms with Crippen molar-refractivity contribution in [1.29, 1.82) is 0 Å². The molecule has 180 valence electrons. The van der Waals surface area contributed by atoms with Crippen LogP contribution in [0.4, 0.5) is 10.5 Å². The lowest BCUT2D eigenvalue weighted by Gasteiger charge is -2.38. The molecule has 1 atom stereocenters. The lowest BCUT2D eigenvalue weighted by atomic mass is 9.94. The summed E-state index contributed by atoms with van der Waals surface area (Å²) in [6.07, 6.45) is 0. The van der Waals surface area contributed by atoms with Gasteiger partial charge in [0, 0.05) is 49.7 Å². The van der Waals surface area contributed by atoms with Crippen molar-refractivity contribution in [3.8, 4) is 5.75 Å². The highest BCUT2D eigenvalue weighted by Crippen LogP contribution is 2.34. The number of nitrogens with one attached hydrogen (secondary N) is 2. The molecule has 1 fully saturated rings. The molecule has 2 amide bonds. The predicted molar refractivity (Wildman–Crippen MR) is 131 cm³/mol. The Morgan fingerprint density at radius 3 is 2.56 bits per heavy atom. The maximum Gasteiger partial charge on any atom is 0.338 e. The van der Waals surface area contributed by atoms with Gasteiger partial charge in [-0.05, 0) is 37.6 Å². The molecular weight excluding hydrogens is 432 g/mol. The van der Waals surface area contributed by atoms with Crippen molar-refractivity contribution in [2.75, 3.05) is 51.3 Å². The van der Waals surface area contributed by atoms with Gasteiger partial charge in [-0.15, -0.1) is 0 Å². The van der Waals surface area contributed by atoms with Crippen LogP contribution < -0.4 is 20.3 Å². The summed E-state index contributed by atoms with van der Waals surface area (Å²) in [5, 5.41) is 5.75. The Hall–Kier alpha value is -3.52. The van der Waals surface area contributed by atoms with Crippen LogP contribution in [0.1, 0.15) is 24.1 Å². The summed E-state index contributed by atoms with van der Waals surface area (Å²) in [6.45, 7) is 8.29. The van der Waals surface area contributed by atoms with Crippen LogP contribution in [0.5, 0.6) is 5.75 Å². The molecule has 2 heterocycles. The fraction of sp³-hybridized carbons (Fsp3) is 0.385. The van der Waals surface area contributed by atoms with Crippen LogP contribution in [-0.2, 0) is 9.53 Å². The van der Waals surface area contributed by atoms with Crippen molar-refractivity contribution in [3.05, 3.63) is 70.9 Å². The molecule has 2 aliphatic heterocycles. The molecule has 2 N–H and O–H groups in total. The van der Waals surface area contributed by atoms with Crippen molar-refractivity contribution in [3.63, 3.8) is 0 Å². The quantitative estimate of drug-likeness (QED) is 0.613. The number of anilines is 1. The standard InChI is InChI=1S/C26H32N4O4/c1-4-34-22-11-6-5-10-20(22)24-23(25(31)33-3)21(27-26(32)28-24)17-29-12-14-30(15-13-29)19-9-7-8-18(2)16-19/h5-11,16,24H,4,12-15,17H2,1-3H3,(H2,27,28,32). The molecule has 0 bridgehead atoms. The van der Waals surface area contributed by atoms with Gasteiger partial charge in [-0.3, -0.25) is 4.90 Å². The van der Waals surface area contributed by atoms with Crippen LogP contribution in [0.25, 0.3) is 0 Å². The van der Waals surface area contributed by atoms with E-state index in [2.05, 4.69) is 51.6 Å². The summed E-state index contributed by atoms with van der Waals surface area (Å²) in [5.74, 6) is 0.155. The summed E-state index contributed by atoms with van der Waals surface area (Å²) in [5.41, 5.74) is 4.15. The molecule has 0 saturated carbocycles. The van der Waals surface area contributed by atoms with Gasteiger partial charge in [0.25, 0.3) is 0 Å². The van der Waals surface area contributed by atoms with Crippen molar-refractivity contribution < 1.29 is 19.1 Å². The smallest absolute Gasteiger partial charge is 0.338 e. The van der Waals surface area contributed by atoms with E-state index in [0.29, 0.717) is 30.2 Å². The number of nitrogens with zero attached hydrogens (tertiary/aromatic N) is 2. The van der Waals surface area contributed by atoms with Gasteiger partial charge in [0.2, 0.25) is 0 Å². The zero-order valence-corrected chi connectivity index (χ0v) is 20.0. The Labute approximate surface area is 200 Å². The third-order valence-electron chi connectivity index (χ3n) is 6.21. The third-order valence-corrected chi connectivity index (χ3v) is 6.21. The van der Waals surface area contributed by atoms with Crippen LogP contribution in [0.3, 0.4) is 0 Å². The fourth-order valence-corrected chi connectivity index (χ4v) is 4.55. The molecule has 8 nitrogen and oxygen atoms in total. The highest BCUT2D eigenvalue weighted by Gasteiger charge is 2.35. The molecular formula is C26H32N4O4. The summed E-state index contributed by atoms with van der Waals surface area (Å²) in [4.78, 5) is 30.1. The highest BCUT2D eigenvalue weighted by atomic mass is 16.5. The molecule has 0 aliphatic carbocycles. The Bertz CT molecular complexity index is 1080. The number of esters is 1. The van der Waals surface area contributed by atoms with Crippen molar-refractivity contribution >= 4 is 17.7 Å². The number of rotatable bonds is 7. The zero-order valence-electron chi connectivity index (χ0n) is 20.0. The number of hydrogen-bond donors (Lipinski definition) is 2. The number of methoxy groups -OCH3 is 1. The molecule has 1 unspecified atom stereocenters. The number of hydrogen-bond acceptors (Lipinski definition) is 6. The van der Waals surface area contributed by atoms with Crippen LogP contribution in [-0.4, -0.2) is 63.3 Å². The van der Waals surface area contributed by atoms with E-state index in [0.717, 1.165) is 31.7 Å². The Balaban J connectivity index is 1.57. The predicted octanol–water partition coefficient (Wildman–Crippen LogP) is 3.00. The first kappa shape index (κ1) is 23.6. The van der Waals surface area contributed by atoms with E-state index in [-0.39, 0.29) is 6.03 Å². The molecule has 2 aromatic rings. The normalized spacial score (nSPS) is 18.9. The second kappa shape index (κ2) is 10.6.